The summed E-state index contributed by atoms with van der Waals surface area (Å²) in [5.41, 5.74) is -1.95. The van der Waals surface area contributed by atoms with Crippen LogP contribution in [0, 0.1) is 24.0 Å². The standard InChI is InChI=1S/C32H31F3N6O3/c1-2-21-23(34)5-4-17-12-20(42)13-22(24(17)21)27-26(35)28-25(30(43)38-27)29(37-19-6-9-36-10-7-19)40-31(39-28)44-16-32-8-3-11-41(32)15-18(33)14-32/h1,4-5,12-13,18-19,36,42H,3,6-11,14-16H2,(H,38,43)(H,37,39,40)/t18-,32+/m1/s1. The molecule has 3 saturated heterocycles. The van der Waals surface area contributed by atoms with Crippen molar-refractivity contribution < 1.29 is 23.0 Å². The fraction of sp³-hybridized carbons (Fsp3) is 0.406. The van der Waals surface area contributed by atoms with Crippen LogP contribution in [0.15, 0.2) is 29.1 Å². The van der Waals surface area contributed by atoms with E-state index in [4.69, 9.17) is 11.2 Å². The maximum absolute atomic E-state index is 16.6. The van der Waals surface area contributed by atoms with E-state index >= 15 is 4.39 Å². The van der Waals surface area contributed by atoms with Gasteiger partial charge in [-0.1, -0.05) is 12.0 Å². The van der Waals surface area contributed by atoms with E-state index in [0.717, 1.165) is 51.4 Å². The minimum atomic E-state index is -0.957. The van der Waals surface area contributed by atoms with Gasteiger partial charge in [-0.3, -0.25) is 9.69 Å². The van der Waals surface area contributed by atoms with Gasteiger partial charge in [0.1, 0.15) is 41.1 Å². The molecule has 2 aromatic carbocycles. The number of hydrogen-bond donors (Lipinski definition) is 4. The minimum absolute atomic E-state index is 0.00155. The highest BCUT2D eigenvalue weighted by Crippen LogP contribution is 2.41. The van der Waals surface area contributed by atoms with Crippen LogP contribution in [0.1, 0.15) is 37.7 Å². The second kappa shape index (κ2) is 11.0. The number of pyridine rings is 1. The number of nitrogens with one attached hydrogen (secondary N) is 3. The number of fused-ring (bicyclic) bond motifs is 3. The normalized spacial score (nSPS) is 22.4. The monoisotopic (exact) mass is 604 g/mol. The van der Waals surface area contributed by atoms with Gasteiger partial charge in [0, 0.05) is 30.0 Å². The van der Waals surface area contributed by atoms with E-state index in [9.17, 15) is 18.7 Å². The van der Waals surface area contributed by atoms with Crippen LogP contribution in [-0.4, -0.2) is 75.5 Å². The summed E-state index contributed by atoms with van der Waals surface area (Å²) in [6.45, 7) is 2.76. The van der Waals surface area contributed by atoms with E-state index in [1.807, 2.05) is 0 Å². The SMILES string of the molecule is C#Cc1c(F)ccc2cc(O)cc(-c3[nH]c(=O)c4c(NC5CCNCC5)nc(OC[C@@]56CCCN5C[C@H](F)C6)nc4c3F)c12. The summed E-state index contributed by atoms with van der Waals surface area (Å²) in [6, 6.07) is 4.99. The topological polar surface area (TPSA) is 115 Å². The second-order valence-corrected chi connectivity index (χ2v) is 11.9. The Morgan fingerprint density at radius 1 is 1.20 bits per heavy atom. The number of aromatic amines is 1. The van der Waals surface area contributed by atoms with Crippen LogP contribution in [0.3, 0.4) is 0 Å². The Bertz CT molecular complexity index is 1890. The number of nitrogens with zero attached hydrogens (tertiary/aromatic N) is 3. The molecule has 9 nitrogen and oxygen atoms in total. The van der Waals surface area contributed by atoms with Crippen molar-refractivity contribution in [3.63, 3.8) is 0 Å². The van der Waals surface area contributed by atoms with Gasteiger partial charge < -0.3 is 25.5 Å². The molecule has 0 radical (unpaired) electrons. The van der Waals surface area contributed by atoms with E-state index in [-0.39, 0.29) is 63.3 Å². The van der Waals surface area contributed by atoms with Crippen molar-refractivity contribution >= 4 is 27.5 Å². The summed E-state index contributed by atoms with van der Waals surface area (Å²) >= 11 is 0. The van der Waals surface area contributed by atoms with E-state index in [2.05, 4.69) is 36.4 Å². The zero-order valence-electron chi connectivity index (χ0n) is 23.9. The molecule has 228 valence electrons. The quantitative estimate of drug-likeness (QED) is 0.242. The van der Waals surface area contributed by atoms with Crippen LogP contribution >= 0.6 is 0 Å². The Balaban J connectivity index is 1.39. The molecule has 44 heavy (non-hydrogen) atoms. The largest absolute Gasteiger partial charge is 0.508 e. The summed E-state index contributed by atoms with van der Waals surface area (Å²) < 4.78 is 51.9. The highest BCUT2D eigenvalue weighted by atomic mass is 19.1. The molecule has 0 aliphatic carbocycles. The highest BCUT2D eigenvalue weighted by Gasteiger charge is 2.49. The molecule has 5 heterocycles. The van der Waals surface area contributed by atoms with Gasteiger partial charge in [0.25, 0.3) is 5.56 Å². The number of benzene rings is 2. The number of aromatic hydroxyl groups is 1. The first-order chi connectivity index (χ1) is 21.3. The Labute approximate surface area is 250 Å². The number of phenols is 1. The van der Waals surface area contributed by atoms with Gasteiger partial charge in [0.05, 0.1) is 16.8 Å². The molecule has 0 spiro atoms. The lowest BCUT2D eigenvalue weighted by Gasteiger charge is -2.31. The van der Waals surface area contributed by atoms with Gasteiger partial charge in [-0.15, -0.1) is 6.42 Å². The molecule has 12 heteroatoms. The van der Waals surface area contributed by atoms with Crippen molar-refractivity contribution in [3.8, 4) is 35.4 Å². The maximum Gasteiger partial charge on any atom is 0.319 e. The van der Waals surface area contributed by atoms with E-state index in [1.54, 1.807) is 0 Å². The zero-order chi connectivity index (χ0) is 30.6. The van der Waals surface area contributed by atoms with Gasteiger partial charge >= 0.3 is 6.01 Å². The molecule has 7 rings (SSSR count). The summed E-state index contributed by atoms with van der Waals surface area (Å²) in [5.74, 6) is 0.564. The molecule has 0 unspecified atom stereocenters. The summed E-state index contributed by atoms with van der Waals surface area (Å²) in [5, 5.41) is 17.4. The molecule has 0 saturated carbocycles. The van der Waals surface area contributed by atoms with Gasteiger partial charge in [0.2, 0.25) is 0 Å². The number of H-pyrrole nitrogens is 1. The molecule has 0 bridgehead atoms. The third-order valence-corrected chi connectivity index (χ3v) is 9.16. The van der Waals surface area contributed by atoms with Crippen molar-refractivity contribution in [2.24, 2.45) is 0 Å². The highest BCUT2D eigenvalue weighted by molar-refractivity contribution is 6.02. The van der Waals surface area contributed by atoms with E-state index in [1.165, 1.54) is 18.2 Å². The summed E-state index contributed by atoms with van der Waals surface area (Å²) in [7, 11) is 0. The first-order valence-electron chi connectivity index (χ1n) is 14.8. The Hall–Kier alpha value is -4.34. The first-order valence-corrected chi connectivity index (χ1v) is 14.8. The molecule has 4 N–H and O–H groups in total. The van der Waals surface area contributed by atoms with Crippen LogP contribution in [0.5, 0.6) is 11.8 Å². The fourth-order valence-corrected chi connectivity index (χ4v) is 7.09. The van der Waals surface area contributed by atoms with Gasteiger partial charge in [-0.25, -0.2) is 13.2 Å². The molecule has 0 amide bonds. The number of terminal acetylenes is 1. The lowest BCUT2D eigenvalue weighted by Crippen LogP contribution is -2.43. The molecule has 3 fully saturated rings. The Kier molecular flexibility index (Phi) is 7.10. The molecular formula is C32H31F3N6O3. The number of anilines is 1. The molecule has 4 aromatic rings. The first kappa shape index (κ1) is 28.4. The number of ether oxygens (including phenoxy) is 1. The molecule has 2 atom stereocenters. The predicted molar refractivity (Wildman–Crippen MR) is 161 cm³/mol. The van der Waals surface area contributed by atoms with Crippen molar-refractivity contribution in [3.05, 3.63) is 51.8 Å². The average molecular weight is 605 g/mol. The number of rotatable bonds is 6. The number of halogens is 3. The van der Waals surface area contributed by atoms with Crippen LogP contribution in [-0.2, 0) is 0 Å². The Morgan fingerprint density at radius 2 is 2.02 bits per heavy atom. The maximum atomic E-state index is 16.6. The van der Waals surface area contributed by atoms with Crippen molar-refractivity contribution in [1.29, 1.82) is 0 Å². The molecule has 2 aromatic heterocycles. The number of aromatic nitrogens is 3. The second-order valence-electron chi connectivity index (χ2n) is 11.9. The van der Waals surface area contributed by atoms with E-state index < -0.39 is 28.9 Å². The fourth-order valence-electron chi connectivity index (χ4n) is 7.09. The van der Waals surface area contributed by atoms with Gasteiger partial charge in [-0.05, 0) is 68.9 Å². The lowest BCUT2D eigenvalue weighted by atomic mass is 9.95. The number of hydrogen-bond acceptors (Lipinski definition) is 8. The summed E-state index contributed by atoms with van der Waals surface area (Å²) in [4.78, 5) is 27.2. The van der Waals surface area contributed by atoms with Gasteiger partial charge in [0.15, 0.2) is 5.82 Å². The molecule has 3 aliphatic heterocycles. The third-order valence-electron chi connectivity index (χ3n) is 9.16. The molecular weight excluding hydrogens is 573 g/mol. The van der Waals surface area contributed by atoms with Crippen LogP contribution in [0.4, 0.5) is 19.0 Å². The summed E-state index contributed by atoms with van der Waals surface area (Å²) in [6.07, 6.45) is 8.19. The van der Waals surface area contributed by atoms with Crippen molar-refractivity contribution in [2.75, 3.05) is 38.1 Å². The smallest absolute Gasteiger partial charge is 0.319 e. The zero-order valence-corrected chi connectivity index (χ0v) is 23.9. The lowest BCUT2D eigenvalue weighted by molar-refractivity contribution is 0.107. The minimum Gasteiger partial charge on any atom is -0.508 e. The number of phenolic OH excluding ortho intramolecular Hbond substituents is 1. The van der Waals surface area contributed by atoms with Crippen LogP contribution < -0.4 is 20.9 Å². The number of piperidine rings is 1. The average Bonchev–Trinajstić information content (AvgIpc) is 3.53. The third kappa shape index (κ3) is 4.80. The molecule has 3 aliphatic rings. The van der Waals surface area contributed by atoms with Gasteiger partial charge in [-0.2, -0.15) is 9.97 Å². The van der Waals surface area contributed by atoms with E-state index in [0.29, 0.717) is 18.4 Å². The Morgan fingerprint density at radius 3 is 2.82 bits per heavy atom. The predicted octanol–water partition coefficient (Wildman–Crippen LogP) is 4.22. The van der Waals surface area contributed by atoms with Crippen molar-refractivity contribution in [1.82, 2.24) is 25.2 Å². The van der Waals surface area contributed by atoms with Crippen LogP contribution in [0.2, 0.25) is 0 Å². The van der Waals surface area contributed by atoms with Crippen molar-refractivity contribution in [2.45, 2.75) is 49.9 Å². The number of alkyl halides is 1. The van der Waals surface area contributed by atoms with Crippen LogP contribution in [0.25, 0.3) is 32.9 Å².